The average Bonchev–Trinajstić information content (AvgIpc) is 3.12. The fraction of sp³-hybridized carbons (Fsp3) is 0.105. The molecule has 0 spiro atoms. The number of methoxy groups -OCH3 is 1. The number of amides is 1. The molecule has 0 aliphatic carbocycles. The number of nitriles is 1. The Morgan fingerprint density at radius 3 is 2.76 bits per heavy atom. The molecule has 2 aromatic carbocycles. The molecule has 6 heteroatoms. The number of carbonyl (C=O) groups excluding carboxylic acids is 1. The number of rotatable bonds is 5. The number of ether oxygens (including phenoxy) is 1. The quantitative estimate of drug-likeness (QED) is 0.743. The predicted molar refractivity (Wildman–Crippen MR) is 98.4 cm³/mol. The lowest BCUT2D eigenvalue weighted by molar-refractivity contribution is -0.115. The summed E-state index contributed by atoms with van der Waals surface area (Å²) < 4.78 is 5.17. The van der Waals surface area contributed by atoms with Crippen molar-refractivity contribution in [2.24, 2.45) is 0 Å². The maximum Gasteiger partial charge on any atom is 0.238 e. The largest absolute Gasteiger partial charge is 0.497 e. The number of aromatic nitrogens is 1. The van der Waals surface area contributed by atoms with Crippen molar-refractivity contribution in [3.05, 3.63) is 53.9 Å². The van der Waals surface area contributed by atoms with E-state index in [4.69, 9.17) is 10.00 Å². The Bertz CT molecular complexity index is 926. The van der Waals surface area contributed by atoms with Gasteiger partial charge in [-0.1, -0.05) is 12.1 Å². The van der Waals surface area contributed by atoms with Crippen molar-refractivity contribution >= 4 is 22.9 Å². The molecule has 0 aliphatic rings. The Morgan fingerprint density at radius 2 is 2.04 bits per heavy atom. The van der Waals surface area contributed by atoms with Crippen LogP contribution < -0.4 is 10.1 Å². The van der Waals surface area contributed by atoms with Crippen LogP contribution in [0.5, 0.6) is 5.75 Å². The molecule has 1 aromatic heterocycles. The molecule has 124 valence electrons. The first-order valence-corrected chi connectivity index (χ1v) is 8.45. The molecule has 1 N–H and O–H groups in total. The minimum atomic E-state index is -0.322. The van der Waals surface area contributed by atoms with Crippen molar-refractivity contribution in [2.45, 2.75) is 6.42 Å². The van der Waals surface area contributed by atoms with Crippen molar-refractivity contribution in [3.8, 4) is 33.6 Å². The fourth-order valence-corrected chi connectivity index (χ4v) is 3.13. The standard InChI is InChI=1S/C19H15N3O2S/c1-24-16-7-5-13(6-8-16)17-12-25-19(22-17)14-3-2-4-15(11-14)21-18(23)9-10-20/h2-8,11-12H,9H2,1H3,(H,21,23). The molecule has 0 aliphatic heterocycles. The normalized spacial score (nSPS) is 10.1. The first-order chi connectivity index (χ1) is 12.2. The molecule has 0 unspecified atom stereocenters. The fourth-order valence-electron chi connectivity index (χ4n) is 2.31. The Hall–Kier alpha value is -3.17. The Kier molecular flexibility index (Phi) is 5.07. The van der Waals surface area contributed by atoms with Gasteiger partial charge in [0.2, 0.25) is 5.91 Å². The van der Waals surface area contributed by atoms with Gasteiger partial charge in [0.1, 0.15) is 17.2 Å². The highest BCUT2D eigenvalue weighted by Gasteiger charge is 2.08. The van der Waals surface area contributed by atoms with Crippen LogP contribution in [0.2, 0.25) is 0 Å². The molecule has 0 saturated carbocycles. The highest BCUT2D eigenvalue weighted by molar-refractivity contribution is 7.13. The molecule has 0 bridgehead atoms. The molecule has 0 atom stereocenters. The molecule has 3 rings (SSSR count). The summed E-state index contributed by atoms with van der Waals surface area (Å²) in [4.78, 5) is 16.2. The third-order valence-electron chi connectivity index (χ3n) is 3.52. The summed E-state index contributed by atoms with van der Waals surface area (Å²) in [5.41, 5.74) is 3.47. The summed E-state index contributed by atoms with van der Waals surface area (Å²) in [6.45, 7) is 0. The van der Waals surface area contributed by atoms with Crippen LogP contribution in [0.4, 0.5) is 5.69 Å². The first-order valence-electron chi connectivity index (χ1n) is 7.57. The number of hydrogen-bond donors (Lipinski definition) is 1. The van der Waals surface area contributed by atoms with Crippen molar-refractivity contribution in [1.29, 1.82) is 5.26 Å². The molecular weight excluding hydrogens is 334 g/mol. The highest BCUT2D eigenvalue weighted by Crippen LogP contribution is 2.30. The maximum absolute atomic E-state index is 11.5. The third-order valence-corrected chi connectivity index (χ3v) is 4.41. The Labute approximate surface area is 149 Å². The van der Waals surface area contributed by atoms with E-state index in [2.05, 4.69) is 10.3 Å². The lowest BCUT2D eigenvalue weighted by atomic mass is 10.1. The van der Waals surface area contributed by atoms with E-state index in [9.17, 15) is 4.79 Å². The second-order valence-corrected chi connectivity index (χ2v) is 6.09. The molecule has 5 nitrogen and oxygen atoms in total. The highest BCUT2D eigenvalue weighted by atomic mass is 32.1. The smallest absolute Gasteiger partial charge is 0.238 e. The number of benzene rings is 2. The number of anilines is 1. The lowest BCUT2D eigenvalue weighted by Crippen LogP contribution is -2.09. The van der Waals surface area contributed by atoms with Gasteiger partial charge in [-0.15, -0.1) is 11.3 Å². The van der Waals surface area contributed by atoms with Gasteiger partial charge in [-0.2, -0.15) is 5.26 Å². The van der Waals surface area contributed by atoms with E-state index in [-0.39, 0.29) is 12.3 Å². The second-order valence-electron chi connectivity index (χ2n) is 5.23. The van der Waals surface area contributed by atoms with Crippen molar-refractivity contribution in [1.82, 2.24) is 4.98 Å². The van der Waals surface area contributed by atoms with E-state index >= 15 is 0 Å². The van der Waals surface area contributed by atoms with Crippen LogP contribution in [0.15, 0.2) is 53.9 Å². The van der Waals surface area contributed by atoms with Crippen molar-refractivity contribution < 1.29 is 9.53 Å². The van der Waals surface area contributed by atoms with Gasteiger partial charge in [0.15, 0.2) is 0 Å². The summed E-state index contributed by atoms with van der Waals surface area (Å²) in [5, 5.41) is 14.1. The molecule has 0 fully saturated rings. The summed E-state index contributed by atoms with van der Waals surface area (Å²) >= 11 is 1.54. The van der Waals surface area contributed by atoms with Gasteiger partial charge < -0.3 is 10.1 Å². The molecule has 1 heterocycles. The van der Waals surface area contributed by atoms with Crippen molar-refractivity contribution in [3.63, 3.8) is 0 Å². The van der Waals surface area contributed by atoms with Gasteiger partial charge in [-0.3, -0.25) is 4.79 Å². The predicted octanol–water partition coefficient (Wildman–Crippen LogP) is 4.34. The number of hydrogen-bond acceptors (Lipinski definition) is 5. The minimum absolute atomic E-state index is 0.164. The van der Waals surface area contributed by atoms with E-state index in [0.29, 0.717) is 5.69 Å². The molecule has 0 radical (unpaired) electrons. The molecule has 0 saturated heterocycles. The van der Waals surface area contributed by atoms with Crippen LogP contribution in [0.1, 0.15) is 6.42 Å². The van der Waals surface area contributed by atoms with Gasteiger partial charge in [-0.05, 0) is 36.4 Å². The molecule has 3 aromatic rings. The van der Waals surface area contributed by atoms with Gasteiger partial charge in [0.05, 0.1) is 18.9 Å². The van der Waals surface area contributed by atoms with E-state index in [1.165, 1.54) is 11.3 Å². The number of nitrogens with one attached hydrogen (secondary N) is 1. The molecular formula is C19H15N3O2S. The minimum Gasteiger partial charge on any atom is -0.497 e. The monoisotopic (exact) mass is 349 g/mol. The zero-order chi connectivity index (χ0) is 17.6. The van der Waals surface area contributed by atoms with Crippen LogP contribution in [0.3, 0.4) is 0 Å². The van der Waals surface area contributed by atoms with Crippen LogP contribution in [0.25, 0.3) is 21.8 Å². The zero-order valence-electron chi connectivity index (χ0n) is 13.5. The van der Waals surface area contributed by atoms with Gasteiger partial charge in [0.25, 0.3) is 0 Å². The van der Waals surface area contributed by atoms with Gasteiger partial charge >= 0.3 is 0 Å². The summed E-state index contributed by atoms with van der Waals surface area (Å²) in [6, 6.07) is 17.0. The SMILES string of the molecule is COc1ccc(-c2csc(-c3cccc(NC(=O)CC#N)c3)n2)cc1. The summed E-state index contributed by atoms with van der Waals surface area (Å²) in [5.74, 6) is 0.484. The van der Waals surface area contributed by atoms with Crippen LogP contribution in [0, 0.1) is 11.3 Å². The topological polar surface area (TPSA) is 75.0 Å². The average molecular weight is 349 g/mol. The van der Waals surface area contributed by atoms with Crippen LogP contribution in [-0.4, -0.2) is 18.0 Å². The Balaban J connectivity index is 1.82. The number of thiazole rings is 1. The molecule has 25 heavy (non-hydrogen) atoms. The van der Waals surface area contributed by atoms with Crippen molar-refractivity contribution in [2.75, 3.05) is 12.4 Å². The van der Waals surface area contributed by atoms with Crippen LogP contribution >= 0.6 is 11.3 Å². The number of carbonyl (C=O) groups is 1. The third kappa shape index (κ3) is 4.03. The maximum atomic E-state index is 11.5. The van der Waals surface area contributed by atoms with Gasteiger partial charge in [0, 0.05) is 22.2 Å². The Morgan fingerprint density at radius 1 is 1.24 bits per heavy atom. The van der Waals surface area contributed by atoms with E-state index in [1.54, 1.807) is 13.2 Å². The van der Waals surface area contributed by atoms with E-state index in [0.717, 1.165) is 27.6 Å². The summed E-state index contributed by atoms with van der Waals surface area (Å²) in [6.07, 6.45) is -0.164. The number of nitrogens with zero attached hydrogens (tertiary/aromatic N) is 2. The van der Waals surface area contributed by atoms with E-state index < -0.39 is 0 Å². The lowest BCUT2D eigenvalue weighted by Gasteiger charge is -2.04. The molecule has 1 amide bonds. The van der Waals surface area contributed by atoms with Gasteiger partial charge in [-0.25, -0.2) is 4.98 Å². The van der Waals surface area contributed by atoms with Crippen LogP contribution in [-0.2, 0) is 4.79 Å². The summed E-state index contributed by atoms with van der Waals surface area (Å²) in [7, 11) is 1.64. The zero-order valence-corrected chi connectivity index (χ0v) is 14.3. The first kappa shape index (κ1) is 16.7. The second kappa shape index (κ2) is 7.60. The van der Waals surface area contributed by atoms with E-state index in [1.807, 2.05) is 53.9 Å².